The molecule has 1 saturated heterocycles. The van der Waals surface area contributed by atoms with Crippen LogP contribution in [0.1, 0.15) is 49.8 Å². The van der Waals surface area contributed by atoms with Crippen LogP contribution in [0.4, 0.5) is 0 Å². The van der Waals surface area contributed by atoms with E-state index in [-0.39, 0.29) is 0 Å². The molecule has 22 heavy (non-hydrogen) atoms. The minimum Gasteiger partial charge on any atom is -0.381 e. The van der Waals surface area contributed by atoms with Gasteiger partial charge in [0.25, 0.3) is 0 Å². The summed E-state index contributed by atoms with van der Waals surface area (Å²) in [6, 6.07) is 1.09. The Morgan fingerprint density at radius 2 is 2.09 bits per heavy atom. The van der Waals surface area contributed by atoms with Crippen LogP contribution in [0, 0.1) is 6.92 Å². The molecule has 3 aliphatic rings. The minimum absolute atomic E-state index is 0.360. The molecule has 0 amide bonds. The third-order valence-corrected chi connectivity index (χ3v) is 5.41. The van der Waals surface area contributed by atoms with Gasteiger partial charge >= 0.3 is 0 Å². The lowest BCUT2D eigenvalue weighted by atomic mass is 9.88. The highest BCUT2D eigenvalue weighted by Gasteiger charge is 2.39. The standard InChI is InChI=1S/C16H26N4O2/c1-11-17-18-16(20(11)12-3-4-12)10-19-7-8-22-15-6-5-13(21-2)9-14(15)19/h12-15H,3-10H2,1-2H3. The number of nitrogens with zero attached hydrogens (tertiary/aromatic N) is 4. The predicted octanol–water partition coefficient (Wildman–Crippen LogP) is 1.69. The lowest BCUT2D eigenvalue weighted by Crippen LogP contribution is -2.54. The Kier molecular flexibility index (Phi) is 3.92. The first kappa shape index (κ1) is 14.6. The molecule has 2 heterocycles. The van der Waals surface area contributed by atoms with E-state index in [2.05, 4.69) is 26.6 Å². The molecule has 0 bridgehead atoms. The van der Waals surface area contributed by atoms with Gasteiger partial charge in [0.05, 0.1) is 25.4 Å². The first-order chi connectivity index (χ1) is 10.8. The Morgan fingerprint density at radius 3 is 2.86 bits per heavy atom. The summed E-state index contributed by atoms with van der Waals surface area (Å²) in [5.41, 5.74) is 0. The van der Waals surface area contributed by atoms with Crippen LogP contribution in [0.3, 0.4) is 0 Å². The number of hydrogen-bond donors (Lipinski definition) is 0. The topological polar surface area (TPSA) is 52.4 Å². The summed E-state index contributed by atoms with van der Waals surface area (Å²) < 4.78 is 13.9. The molecule has 3 fully saturated rings. The van der Waals surface area contributed by atoms with E-state index in [0.29, 0.717) is 24.3 Å². The maximum atomic E-state index is 6.00. The van der Waals surface area contributed by atoms with Gasteiger partial charge in [-0.3, -0.25) is 4.90 Å². The van der Waals surface area contributed by atoms with Crippen molar-refractivity contribution in [1.82, 2.24) is 19.7 Å². The zero-order valence-corrected chi connectivity index (χ0v) is 13.6. The highest BCUT2D eigenvalue weighted by atomic mass is 16.5. The molecule has 6 nitrogen and oxygen atoms in total. The monoisotopic (exact) mass is 306 g/mol. The average Bonchev–Trinajstić information content (AvgIpc) is 3.31. The van der Waals surface area contributed by atoms with Crippen molar-refractivity contribution in [2.24, 2.45) is 0 Å². The van der Waals surface area contributed by atoms with Crippen molar-refractivity contribution >= 4 is 0 Å². The van der Waals surface area contributed by atoms with Crippen molar-refractivity contribution in [2.75, 3.05) is 20.3 Å². The van der Waals surface area contributed by atoms with Gasteiger partial charge < -0.3 is 14.0 Å². The zero-order valence-electron chi connectivity index (χ0n) is 13.6. The third kappa shape index (κ3) is 2.68. The average molecular weight is 306 g/mol. The molecule has 0 N–H and O–H groups in total. The van der Waals surface area contributed by atoms with E-state index < -0.39 is 0 Å². The zero-order chi connectivity index (χ0) is 15.1. The second-order valence-corrected chi connectivity index (χ2v) is 6.88. The third-order valence-electron chi connectivity index (χ3n) is 5.41. The van der Waals surface area contributed by atoms with Gasteiger partial charge in [0, 0.05) is 25.7 Å². The minimum atomic E-state index is 0.360. The lowest BCUT2D eigenvalue weighted by Gasteiger charge is -2.45. The normalized spacial score (nSPS) is 32.9. The van der Waals surface area contributed by atoms with Crippen molar-refractivity contribution in [1.29, 1.82) is 0 Å². The van der Waals surface area contributed by atoms with E-state index in [1.54, 1.807) is 0 Å². The molecule has 0 radical (unpaired) electrons. The predicted molar refractivity (Wildman–Crippen MR) is 81.6 cm³/mol. The van der Waals surface area contributed by atoms with E-state index in [0.717, 1.165) is 50.6 Å². The largest absolute Gasteiger partial charge is 0.381 e. The van der Waals surface area contributed by atoms with Crippen molar-refractivity contribution < 1.29 is 9.47 Å². The van der Waals surface area contributed by atoms with Gasteiger partial charge in [0.15, 0.2) is 0 Å². The second-order valence-electron chi connectivity index (χ2n) is 6.88. The number of ether oxygens (including phenoxy) is 2. The summed E-state index contributed by atoms with van der Waals surface area (Å²) in [6.45, 7) is 4.76. The number of fused-ring (bicyclic) bond motifs is 1. The summed E-state index contributed by atoms with van der Waals surface area (Å²) in [5.74, 6) is 2.18. The number of morpholine rings is 1. The molecule has 6 heteroatoms. The molecule has 0 spiro atoms. The van der Waals surface area contributed by atoms with E-state index in [9.17, 15) is 0 Å². The molecule has 1 aromatic rings. The van der Waals surface area contributed by atoms with Crippen LogP contribution >= 0.6 is 0 Å². The SMILES string of the molecule is COC1CCC2OCCN(Cc3nnc(C)n3C3CC3)C2C1. The van der Waals surface area contributed by atoms with Crippen LogP contribution in [0.2, 0.25) is 0 Å². The maximum Gasteiger partial charge on any atom is 0.147 e. The lowest BCUT2D eigenvalue weighted by molar-refractivity contribution is -0.116. The summed E-state index contributed by atoms with van der Waals surface area (Å²) in [5, 5.41) is 8.76. The Hall–Kier alpha value is -0.980. The Bertz CT molecular complexity index is 528. The van der Waals surface area contributed by atoms with Gasteiger partial charge in [-0.15, -0.1) is 10.2 Å². The van der Waals surface area contributed by atoms with Crippen LogP contribution < -0.4 is 0 Å². The molecule has 1 aliphatic heterocycles. The van der Waals surface area contributed by atoms with Gasteiger partial charge in [0.1, 0.15) is 11.6 Å². The van der Waals surface area contributed by atoms with Gasteiger partial charge in [0.2, 0.25) is 0 Å². The summed E-state index contributed by atoms with van der Waals surface area (Å²) >= 11 is 0. The molecule has 122 valence electrons. The molecular weight excluding hydrogens is 280 g/mol. The molecule has 2 saturated carbocycles. The second kappa shape index (κ2) is 5.91. The van der Waals surface area contributed by atoms with Gasteiger partial charge in [-0.05, 0) is 39.0 Å². The van der Waals surface area contributed by atoms with Gasteiger partial charge in [-0.25, -0.2) is 0 Å². The van der Waals surface area contributed by atoms with Crippen LogP contribution in [0.15, 0.2) is 0 Å². The molecule has 3 atom stereocenters. The first-order valence-electron chi connectivity index (χ1n) is 8.55. The smallest absolute Gasteiger partial charge is 0.147 e. The number of rotatable bonds is 4. The van der Waals surface area contributed by atoms with Crippen molar-refractivity contribution in [3.8, 4) is 0 Å². The Morgan fingerprint density at radius 1 is 1.23 bits per heavy atom. The Labute approximate surface area is 131 Å². The summed E-state index contributed by atoms with van der Waals surface area (Å²) in [6.07, 6.45) is 6.56. The molecular formula is C16H26N4O2. The van der Waals surface area contributed by atoms with Crippen molar-refractivity contribution in [2.45, 2.75) is 69.9 Å². The van der Waals surface area contributed by atoms with Gasteiger partial charge in [-0.1, -0.05) is 0 Å². The molecule has 1 aromatic heterocycles. The van der Waals surface area contributed by atoms with Crippen LogP contribution in [-0.4, -0.2) is 58.2 Å². The maximum absolute atomic E-state index is 6.00. The summed E-state index contributed by atoms with van der Waals surface area (Å²) in [7, 11) is 1.83. The van der Waals surface area contributed by atoms with E-state index in [1.807, 2.05) is 7.11 Å². The fourth-order valence-corrected chi connectivity index (χ4v) is 4.07. The number of hydrogen-bond acceptors (Lipinski definition) is 5. The Balaban J connectivity index is 1.51. The van der Waals surface area contributed by atoms with Crippen molar-refractivity contribution in [3.05, 3.63) is 11.6 Å². The molecule has 0 aromatic carbocycles. The molecule has 3 unspecified atom stereocenters. The molecule has 4 rings (SSSR count). The quantitative estimate of drug-likeness (QED) is 0.847. The van der Waals surface area contributed by atoms with Crippen LogP contribution in [-0.2, 0) is 16.0 Å². The number of methoxy groups -OCH3 is 1. The van der Waals surface area contributed by atoms with Gasteiger partial charge in [-0.2, -0.15) is 0 Å². The number of aryl methyl sites for hydroxylation is 1. The fourth-order valence-electron chi connectivity index (χ4n) is 4.07. The number of aromatic nitrogens is 3. The van der Waals surface area contributed by atoms with E-state index >= 15 is 0 Å². The van der Waals surface area contributed by atoms with E-state index in [4.69, 9.17) is 9.47 Å². The first-order valence-corrected chi connectivity index (χ1v) is 8.55. The van der Waals surface area contributed by atoms with Crippen molar-refractivity contribution in [3.63, 3.8) is 0 Å². The van der Waals surface area contributed by atoms with Crippen LogP contribution in [0.25, 0.3) is 0 Å². The van der Waals surface area contributed by atoms with E-state index in [1.165, 1.54) is 12.8 Å². The molecule has 2 aliphatic carbocycles. The fraction of sp³-hybridized carbons (Fsp3) is 0.875. The highest BCUT2D eigenvalue weighted by Crippen LogP contribution is 2.37. The summed E-state index contributed by atoms with van der Waals surface area (Å²) in [4.78, 5) is 2.54. The highest BCUT2D eigenvalue weighted by molar-refractivity contribution is 5.03. The van der Waals surface area contributed by atoms with Crippen LogP contribution in [0.5, 0.6) is 0 Å².